The maximum atomic E-state index is 12.1. The van der Waals surface area contributed by atoms with Crippen molar-refractivity contribution in [1.82, 2.24) is 4.90 Å². The van der Waals surface area contributed by atoms with E-state index in [4.69, 9.17) is 5.11 Å². The van der Waals surface area contributed by atoms with E-state index in [9.17, 15) is 9.59 Å². The lowest BCUT2D eigenvalue weighted by Crippen LogP contribution is -2.50. The van der Waals surface area contributed by atoms with Crippen molar-refractivity contribution in [3.8, 4) is 0 Å². The summed E-state index contributed by atoms with van der Waals surface area (Å²) in [6.07, 6.45) is 7.27. The summed E-state index contributed by atoms with van der Waals surface area (Å²) in [6, 6.07) is 0. The Morgan fingerprint density at radius 1 is 1.38 bits per heavy atom. The van der Waals surface area contributed by atoms with E-state index in [-0.39, 0.29) is 23.7 Å². The van der Waals surface area contributed by atoms with Crippen molar-refractivity contribution in [3.05, 3.63) is 23.3 Å². The molecule has 1 aliphatic carbocycles. The zero-order valence-electron chi connectivity index (χ0n) is 13.2. The highest BCUT2D eigenvalue weighted by molar-refractivity contribution is 5.89. The van der Waals surface area contributed by atoms with Crippen LogP contribution in [0.25, 0.3) is 0 Å². The fraction of sp³-hybridized carbons (Fsp3) is 0.647. The average Bonchev–Trinajstić information content (AvgIpc) is 2.31. The number of hydrogen-bond acceptors (Lipinski definition) is 2. The van der Waals surface area contributed by atoms with Gasteiger partial charge in [-0.2, -0.15) is 0 Å². The lowest BCUT2D eigenvalue weighted by Gasteiger charge is -2.38. The minimum atomic E-state index is -0.785. The predicted molar refractivity (Wildman–Crippen MR) is 81.8 cm³/mol. The van der Waals surface area contributed by atoms with Crippen LogP contribution in [0, 0.1) is 11.3 Å². The molecule has 0 atom stereocenters. The second-order valence-electron chi connectivity index (χ2n) is 6.97. The van der Waals surface area contributed by atoms with Gasteiger partial charge in [0.05, 0.1) is 6.42 Å². The summed E-state index contributed by atoms with van der Waals surface area (Å²) >= 11 is 0. The molecule has 0 saturated carbocycles. The number of likely N-dealkylation sites (tertiary alicyclic amines) is 1. The fourth-order valence-corrected chi connectivity index (χ4v) is 3.40. The Balaban J connectivity index is 1.93. The fourth-order valence-electron chi connectivity index (χ4n) is 3.40. The summed E-state index contributed by atoms with van der Waals surface area (Å²) in [6.45, 7) is 7.74. The number of amides is 1. The topological polar surface area (TPSA) is 57.6 Å². The van der Waals surface area contributed by atoms with Gasteiger partial charge in [0.15, 0.2) is 0 Å². The highest BCUT2D eigenvalue weighted by Crippen LogP contribution is 2.40. The maximum Gasteiger partial charge on any atom is 0.303 e. The quantitative estimate of drug-likeness (QED) is 0.810. The van der Waals surface area contributed by atoms with E-state index < -0.39 is 5.97 Å². The first kappa shape index (κ1) is 15.8. The Bertz CT molecular complexity index is 496. The van der Waals surface area contributed by atoms with Crippen molar-refractivity contribution >= 4 is 11.9 Å². The van der Waals surface area contributed by atoms with Gasteiger partial charge in [-0.25, -0.2) is 0 Å². The molecule has 116 valence electrons. The normalized spacial score (nSPS) is 22.5. The number of rotatable bonds is 4. The molecule has 0 radical (unpaired) electrons. The number of hydrogen-bond donors (Lipinski definition) is 1. The third-order valence-corrected chi connectivity index (χ3v) is 4.67. The molecule has 1 aliphatic heterocycles. The molecule has 4 nitrogen and oxygen atoms in total. The molecular weight excluding hydrogens is 266 g/mol. The Hall–Kier alpha value is -1.58. The van der Waals surface area contributed by atoms with Crippen LogP contribution in [0.5, 0.6) is 0 Å². The van der Waals surface area contributed by atoms with E-state index >= 15 is 0 Å². The molecule has 1 saturated heterocycles. The van der Waals surface area contributed by atoms with E-state index in [2.05, 4.69) is 20.8 Å². The van der Waals surface area contributed by atoms with Crippen molar-refractivity contribution < 1.29 is 14.7 Å². The first-order valence-electron chi connectivity index (χ1n) is 7.68. The van der Waals surface area contributed by atoms with Gasteiger partial charge in [0.1, 0.15) is 0 Å². The van der Waals surface area contributed by atoms with Crippen LogP contribution >= 0.6 is 0 Å². The third-order valence-electron chi connectivity index (χ3n) is 4.67. The lowest BCUT2D eigenvalue weighted by atomic mass is 9.72. The molecule has 0 aromatic heterocycles. The van der Waals surface area contributed by atoms with Gasteiger partial charge in [-0.05, 0) is 37.2 Å². The number of carbonyl (C=O) groups excluding carboxylic acids is 1. The van der Waals surface area contributed by atoms with Crippen molar-refractivity contribution in [2.24, 2.45) is 11.3 Å². The van der Waals surface area contributed by atoms with Gasteiger partial charge in [-0.1, -0.05) is 25.5 Å². The van der Waals surface area contributed by atoms with E-state index in [1.807, 2.05) is 6.08 Å². The molecule has 0 aromatic carbocycles. The molecule has 4 heteroatoms. The van der Waals surface area contributed by atoms with E-state index in [1.54, 1.807) is 11.0 Å². The van der Waals surface area contributed by atoms with E-state index in [0.717, 1.165) is 12.8 Å². The Kier molecular flexibility index (Phi) is 4.55. The highest BCUT2D eigenvalue weighted by atomic mass is 16.4. The van der Waals surface area contributed by atoms with Crippen LogP contribution in [0.4, 0.5) is 0 Å². The Morgan fingerprint density at radius 3 is 2.62 bits per heavy atom. The Morgan fingerprint density at radius 2 is 2.05 bits per heavy atom. The predicted octanol–water partition coefficient (Wildman–Crippen LogP) is 3.00. The standard InChI is InChI=1S/C17H25NO3/c1-12-5-4-8-17(2,3)14(12)6-7-15(19)18-10-13(11-18)9-16(20)21/h6-7,13H,4-5,8-11H2,1-3H3,(H,20,21)/b7-6+. The van der Waals surface area contributed by atoms with Gasteiger partial charge in [-0.15, -0.1) is 0 Å². The second-order valence-corrected chi connectivity index (χ2v) is 6.97. The number of carbonyl (C=O) groups is 2. The summed E-state index contributed by atoms with van der Waals surface area (Å²) < 4.78 is 0. The summed E-state index contributed by atoms with van der Waals surface area (Å²) in [4.78, 5) is 24.4. The first-order valence-corrected chi connectivity index (χ1v) is 7.68. The smallest absolute Gasteiger partial charge is 0.303 e. The summed E-state index contributed by atoms with van der Waals surface area (Å²) in [7, 11) is 0. The zero-order valence-corrected chi connectivity index (χ0v) is 13.2. The highest BCUT2D eigenvalue weighted by Gasteiger charge is 2.31. The molecule has 2 rings (SSSR count). The summed E-state index contributed by atoms with van der Waals surface area (Å²) in [5.74, 6) is -0.669. The average molecular weight is 291 g/mol. The molecule has 1 fully saturated rings. The number of allylic oxidation sites excluding steroid dienone is 3. The molecule has 0 spiro atoms. The number of carboxylic acids is 1. The molecule has 21 heavy (non-hydrogen) atoms. The molecule has 0 unspecified atom stereocenters. The summed E-state index contributed by atoms with van der Waals surface area (Å²) in [5.41, 5.74) is 2.80. The van der Waals surface area contributed by atoms with Gasteiger partial charge in [0.2, 0.25) is 5.91 Å². The van der Waals surface area contributed by atoms with Crippen LogP contribution in [0.15, 0.2) is 23.3 Å². The van der Waals surface area contributed by atoms with Gasteiger partial charge < -0.3 is 10.0 Å². The van der Waals surface area contributed by atoms with Gasteiger partial charge in [0.25, 0.3) is 0 Å². The third kappa shape index (κ3) is 3.74. The van der Waals surface area contributed by atoms with Crippen molar-refractivity contribution in [2.45, 2.75) is 46.5 Å². The number of carboxylic acid groups (broad SMARTS) is 1. The monoisotopic (exact) mass is 291 g/mol. The minimum Gasteiger partial charge on any atom is -0.481 e. The number of aliphatic carboxylic acids is 1. The van der Waals surface area contributed by atoms with Crippen LogP contribution in [-0.2, 0) is 9.59 Å². The van der Waals surface area contributed by atoms with Gasteiger partial charge >= 0.3 is 5.97 Å². The maximum absolute atomic E-state index is 12.1. The van der Waals surface area contributed by atoms with Crippen molar-refractivity contribution in [1.29, 1.82) is 0 Å². The molecule has 1 amide bonds. The van der Waals surface area contributed by atoms with Crippen LogP contribution in [0.1, 0.15) is 46.5 Å². The summed E-state index contributed by atoms with van der Waals surface area (Å²) in [5, 5.41) is 8.71. The molecule has 2 aliphatic rings. The minimum absolute atomic E-state index is 0.00156. The number of nitrogens with zero attached hydrogens (tertiary/aromatic N) is 1. The SMILES string of the molecule is CC1=C(/C=C/C(=O)N2CC(CC(=O)O)C2)C(C)(C)CCC1. The van der Waals surface area contributed by atoms with Crippen LogP contribution in [0.2, 0.25) is 0 Å². The van der Waals surface area contributed by atoms with Gasteiger partial charge in [0, 0.05) is 25.1 Å². The van der Waals surface area contributed by atoms with E-state index in [0.29, 0.717) is 13.1 Å². The molecule has 0 aromatic rings. The second kappa shape index (κ2) is 6.04. The Labute approximate surface area is 126 Å². The lowest BCUT2D eigenvalue weighted by molar-refractivity contribution is -0.143. The largest absolute Gasteiger partial charge is 0.481 e. The van der Waals surface area contributed by atoms with Crippen LogP contribution in [0.3, 0.4) is 0 Å². The van der Waals surface area contributed by atoms with Gasteiger partial charge in [-0.3, -0.25) is 9.59 Å². The van der Waals surface area contributed by atoms with Crippen molar-refractivity contribution in [2.75, 3.05) is 13.1 Å². The molecule has 0 bridgehead atoms. The zero-order chi connectivity index (χ0) is 15.6. The molecular formula is C17H25NO3. The molecule has 1 heterocycles. The molecule has 1 N–H and O–H groups in total. The van der Waals surface area contributed by atoms with Crippen molar-refractivity contribution in [3.63, 3.8) is 0 Å². The van der Waals surface area contributed by atoms with Crippen LogP contribution in [-0.4, -0.2) is 35.0 Å². The van der Waals surface area contributed by atoms with E-state index in [1.165, 1.54) is 17.6 Å². The first-order chi connectivity index (χ1) is 9.79. The van der Waals surface area contributed by atoms with Crippen LogP contribution < -0.4 is 0 Å².